The Kier molecular flexibility index (Phi) is 6.61. The molecule has 9 aromatic carbocycles. The van der Waals surface area contributed by atoms with E-state index in [1.165, 1.54) is 10.8 Å². The van der Waals surface area contributed by atoms with Gasteiger partial charge in [0.05, 0.1) is 23.6 Å². The fourth-order valence-electron chi connectivity index (χ4n) is 7.88. The first-order chi connectivity index (χ1) is 28.9. The molecule has 0 spiro atoms. The van der Waals surface area contributed by atoms with Crippen LogP contribution in [0.1, 0.15) is 6.85 Å². The van der Waals surface area contributed by atoms with Crippen LogP contribution in [0.25, 0.3) is 71.6 Å². The highest BCUT2D eigenvalue weighted by Crippen LogP contribution is 2.46. The third kappa shape index (κ3) is 5.44. The molecule has 54 heavy (non-hydrogen) atoms. The molecule has 254 valence electrons. The number of fused-ring (bicyclic) bond motifs is 4. The minimum atomic E-state index is -0.406. The van der Waals surface area contributed by atoms with Crippen molar-refractivity contribution in [3.63, 3.8) is 0 Å². The second-order valence-electron chi connectivity index (χ2n) is 13.4. The van der Waals surface area contributed by atoms with Crippen LogP contribution in [0.3, 0.4) is 0 Å². The van der Waals surface area contributed by atoms with Gasteiger partial charge in [-0.05, 0) is 93.2 Å². The third-order valence-corrected chi connectivity index (χ3v) is 10.3. The standard InChI is InChI=1S/C52H36N2/c1-3-16-37(17-4-1)38-32-34-42(35-33-38)53(43-23-13-20-40(36-43)45-27-14-19-39-18-7-8-24-44(39)45)49-29-11-9-25-46(49)47-28-15-31-51-52(47)48-26-10-12-30-50(48)54(51)41-21-5-2-6-22-41/h1-36H/i1D,3D,4D,16D,17D. The van der Waals surface area contributed by atoms with Crippen molar-refractivity contribution in [2.45, 2.75) is 0 Å². The Labute approximate surface area is 322 Å². The number of para-hydroxylation sites is 3. The number of aromatic nitrogens is 1. The van der Waals surface area contributed by atoms with Crippen LogP contribution >= 0.6 is 0 Å². The highest BCUT2D eigenvalue weighted by molar-refractivity contribution is 6.17. The largest absolute Gasteiger partial charge is 0.310 e. The van der Waals surface area contributed by atoms with Crippen LogP contribution in [0, 0.1) is 0 Å². The number of benzene rings is 9. The molecular weight excluding hydrogens is 653 g/mol. The quantitative estimate of drug-likeness (QED) is 0.161. The first-order valence-electron chi connectivity index (χ1n) is 20.6. The molecule has 2 nitrogen and oxygen atoms in total. The van der Waals surface area contributed by atoms with E-state index in [0.717, 1.165) is 66.8 Å². The van der Waals surface area contributed by atoms with Crippen LogP contribution in [-0.2, 0) is 0 Å². The summed E-state index contributed by atoms with van der Waals surface area (Å²) in [5, 5.41) is 4.65. The summed E-state index contributed by atoms with van der Waals surface area (Å²) in [6.07, 6.45) is 0. The summed E-state index contributed by atoms with van der Waals surface area (Å²) in [4.78, 5) is 2.25. The van der Waals surface area contributed by atoms with Crippen LogP contribution < -0.4 is 4.90 Å². The Morgan fingerprint density at radius 1 is 0.407 bits per heavy atom. The van der Waals surface area contributed by atoms with Gasteiger partial charge >= 0.3 is 0 Å². The Hall–Kier alpha value is -7.16. The molecule has 0 bridgehead atoms. The van der Waals surface area contributed by atoms with E-state index < -0.39 is 6.04 Å². The Bertz CT molecular complexity index is 3190. The van der Waals surface area contributed by atoms with E-state index in [4.69, 9.17) is 6.85 Å². The van der Waals surface area contributed by atoms with Crippen molar-refractivity contribution in [1.29, 1.82) is 0 Å². The van der Waals surface area contributed by atoms with Gasteiger partial charge in [-0.1, -0.05) is 164 Å². The van der Waals surface area contributed by atoms with E-state index in [1.54, 1.807) is 0 Å². The van der Waals surface area contributed by atoms with E-state index in [1.807, 2.05) is 30.3 Å². The maximum Gasteiger partial charge on any atom is 0.0629 e. The van der Waals surface area contributed by atoms with Gasteiger partial charge in [-0.25, -0.2) is 0 Å². The predicted molar refractivity (Wildman–Crippen MR) is 229 cm³/mol. The molecule has 0 aliphatic carbocycles. The van der Waals surface area contributed by atoms with Crippen LogP contribution in [0.2, 0.25) is 0 Å². The van der Waals surface area contributed by atoms with Gasteiger partial charge in [-0.15, -0.1) is 0 Å². The summed E-state index contributed by atoms with van der Waals surface area (Å²) >= 11 is 0. The topological polar surface area (TPSA) is 8.17 Å². The number of rotatable bonds is 7. The van der Waals surface area contributed by atoms with E-state index in [2.05, 4.69) is 167 Å². The first kappa shape index (κ1) is 26.6. The zero-order valence-corrected chi connectivity index (χ0v) is 29.3. The molecule has 0 atom stereocenters. The summed E-state index contributed by atoms with van der Waals surface area (Å²) in [6, 6.07) is 63.6. The fraction of sp³-hybridized carbons (Fsp3) is 0. The van der Waals surface area contributed by atoms with Gasteiger partial charge in [0.15, 0.2) is 0 Å². The molecule has 1 aromatic heterocycles. The molecule has 10 aromatic rings. The van der Waals surface area contributed by atoms with Crippen molar-refractivity contribution in [2.75, 3.05) is 4.90 Å². The summed E-state index contributed by atoms with van der Waals surface area (Å²) in [7, 11) is 0. The van der Waals surface area contributed by atoms with Gasteiger partial charge < -0.3 is 9.47 Å². The maximum absolute atomic E-state index is 8.66. The summed E-state index contributed by atoms with van der Waals surface area (Å²) in [5.41, 5.74) is 11.1. The number of anilines is 3. The lowest BCUT2D eigenvalue weighted by Gasteiger charge is -2.29. The zero-order valence-electron chi connectivity index (χ0n) is 34.3. The van der Waals surface area contributed by atoms with E-state index in [-0.39, 0.29) is 29.7 Å². The Balaban J connectivity index is 1.21. The average molecular weight is 694 g/mol. The third-order valence-electron chi connectivity index (χ3n) is 10.3. The molecule has 0 aliphatic heterocycles. The second-order valence-corrected chi connectivity index (χ2v) is 13.4. The molecule has 0 saturated carbocycles. The van der Waals surface area contributed by atoms with Gasteiger partial charge in [0.2, 0.25) is 0 Å². The monoisotopic (exact) mass is 693 g/mol. The van der Waals surface area contributed by atoms with Crippen LogP contribution in [0.5, 0.6) is 0 Å². The molecule has 2 heteroatoms. The summed E-state index contributed by atoms with van der Waals surface area (Å²) in [6.45, 7) is 0. The molecule has 10 rings (SSSR count). The molecule has 0 fully saturated rings. The molecule has 0 saturated heterocycles. The van der Waals surface area contributed by atoms with E-state index in [9.17, 15) is 0 Å². The summed E-state index contributed by atoms with van der Waals surface area (Å²) < 4.78 is 44.4. The van der Waals surface area contributed by atoms with Gasteiger partial charge in [-0.3, -0.25) is 0 Å². The fourth-order valence-corrected chi connectivity index (χ4v) is 7.88. The smallest absolute Gasteiger partial charge is 0.0629 e. The van der Waals surface area contributed by atoms with E-state index >= 15 is 0 Å². The SMILES string of the molecule is [2H]c1c([2H])c([2H])c(-c2ccc(N(c3cccc(-c4cccc5ccccc45)c3)c3ccccc3-c3cccc4c3c3ccccc3n4-c3ccccc3)cc2)c([2H])c1[2H]. The van der Waals surface area contributed by atoms with Crippen molar-refractivity contribution in [3.05, 3.63) is 218 Å². The number of hydrogen-bond acceptors (Lipinski definition) is 1. The lowest BCUT2D eigenvalue weighted by atomic mass is 9.95. The lowest BCUT2D eigenvalue weighted by Crippen LogP contribution is -2.11. The highest BCUT2D eigenvalue weighted by Gasteiger charge is 2.22. The Morgan fingerprint density at radius 3 is 1.93 bits per heavy atom. The van der Waals surface area contributed by atoms with Gasteiger partial charge in [0.1, 0.15) is 0 Å². The van der Waals surface area contributed by atoms with Crippen molar-refractivity contribution >= 4 is 49.6 Å². The normalized spacial score (nSPS) is 12.6. The molecule has 1 heterocycles. The predicted octanol–water partition coefficient (Wildman–Crippen LogP) is 14.4. The molecule has 0 radical (unpaired) electrons. The molecular formula is C52H36N2. The van der Waals surface area contributed by atoms with Crippen molar-refractivity contribution in [3.8, 4) is 39.1 Å². The molecule has 0 unspecified atom stereocenters. The van der Waals surface area contributed by atoms with Crippen molar-refractivity contribution in [1.82, 2.24) is 4.57 Å². The average Bonchev–Trinajstić information content (AvgIpc) is 3.63. The second kappa shape index (κ2) is 13.4. The van der Waals surface area contributed by atoms with Crippen LogP contribution in [0.4, 0.5) is 17.1 Å². The molecule has 0 aliphatic rings. The van der Waals surface area contributed by atoms with Crippen LogP contribution in [-0.4, -0.2) is 4.57 Å². The Morgan fingerprint density at radius 2 is 1.06 bits per heavy atom. The zero-order chi connectivity index (χ0) is 40.2. The lowest BCUT2D eigenvalue weighted by molar-refractivity contribution is 1.18. The van der Waals surface area contributed by atoms with Gasteiger partial charge in [0, 0.05) is 33.4 Å². The highest BCUT2D eigenvalue weighted by atomic mass is 15.1. The molecule has 0 N–H and O–H groups in total. The van der Waals surface area contributed by atoms with Crippen LogP contribution in [0.15, 0.2) is 218 Å². The van der Waals surface area contributed by atoms with Gasteiger partial charge in [0.25, 0.3) is 0 Å². The van der Waals surface area contributed by atoms with E-state index in [0.29, 0.717) is 5.56 Å². The van der Waals surface area contributed by atoms with Gasteiger partial charge in [-0.2, -0.15) is 0 Å². The van der Waals surface area contributed by atoms with Crippen molar-refractivity contribution < 1.29 is 6.85 Å². The first-order valence-corrected chi connectivity index (χ1v) is 18.1. The maximum atomic E-state index is 8.66. The number of hydrogen-bond donors (Lipinski definition) is 0. The molecule has 0 amide bonds. The summed E-state index contributed by atoms with van der Waals surface area (Å²) in [5.74, 6) is 0. The minimum absolute atomic E-state index is 0.175. The van der Waals surface area contributed by atoms with Crippen molar-refractivity contribution in [2.24, 2.45) is 0 Å². The number of nitrogens with zero attached hydrogens (tertiary/aromatic N) is 2. The minimum Gasteiger partial charge on any atom is -0.310 e.